The Hall–Kier alpha value is -2.64. The van der Waals surface area contributed by atoms with Crippen molar-refractivity contribution in [3.63, 3.8) is 0 Å². The smallest absolute Gasteiger partial charge is 0.164 e. The van der Waals surface area contributed by atoms with E-state index < -0.39 is 0 Å². The molecular weight excluding hydrogens is 367 g/mol. The van der Waals surface area contributed by atoms with Crippen molar-refractivity contribution in [2.45, 2.75) is 13.1 Å². The predicted octanol–water partition coefficient (Wildman–Crippen LogP) is 4.26. The number of benzene rings is 2. The number of halogens is 1. The van der Waals surface area contributed by atoms with E-state index in [1.807, 2.05) is 12.3 Å². The Labute approximate surface area is 161 Å². The SMILES string of the molecule is COc1cc(OC)c(-c2cnc(CNCc3ccc(F)cc3)s2)cc1OC. The fourth-order valence-corrected chi connectivity index (χ4v) is 3.56. The van der Waals surface area contributed by atoms with E-state index in [1.165, 1.54) is 12.1 Å². The number of nitrogens with zero attached hydrogens (tertiary/aromatic N) is 1. The molecule has 0 radical (unpaired) electrons. The third-order valence-electron chi connectivity index (χ3n) is 4.04. The highest BCUT2D eigenvalue weighted by Gasteiger charge is 2.15. The van der Waals surface area contributed by atoms with Crippen LogP contribution >= 0.6 is 11.3 Å². The number of nitrogens with one attached hydrogen (secondary N) is 1. The van der Waals surface area contributed by atoms with Crippen molar-refractivity contribution in [2.75, 3.05) is 21.3 Å². The summed E-state index contributed by atoms with van der Waals surface area (Å²) >= 11 is 1.58. The molecule has 0 saturated heterocycles. The Bertz CT molecular complexity index is 897. The van der Waals surface area contributed by atoms with Gasteiger partial charge in [-0.3, -0.25) is 0 Å². The van der Waals surface area contributed by atoms with Crippen LogP contribution in [0.25, 0.3) is 10.4 Å². The summed E-state index contributed by atoms with van der Waals surface area (Å²) < 4.78 is 29.2. The third-order valence-corrected chi connectivity index (χ3v) is 5.07. The molecule has 1 heterocycles. The second-order valence-electron chi connectivity index (χ2n) is 5.76. The van der Waals surface area contributed by atoms with E-state index in [-0.39, 0.29) is 5.82 Å². The van der Waals surface area contributed by atoms with Crippen molar-refractivity contribution >= 4 is 11.3 Å². The highest BCUT2D eigenvalue weighted by Crippen LogP contribution is 2.41. The van der Waals surface area contributed by atoms with Crippen LogP contribution in [0, 0.1) is 5.82 Å². The molecule has 0 unspecified atom stereocenters. The molecule has 7 heteroatoms. The summed E-state index contributed by atoms with van der Waals surface area (Å²) in [6, 6.07) is 10.2. The molecule has 27 heavy (non-hydrogen) atoms. The first-order valence-electron chi connectivity index (χ1n) is 8.35. The van der Waals surface area contributed by atoms with Crippen LogP contribution in [0.15, 0.2) is 42.6 Å². The zero-order valence-electron chi connectivity index (χ0n) is 15.4. The number of hydrogen-bond donors (Lipinski definition) is 1. The normalized spacial score (nSPS) is 10.7. The van der Waals surface area contributed by atoms with Gasteiger partial charge in [-0.15, -0.1) is 11.3 Å². The van der Waals surface area contributed by atoms with Crippen molar-refractivity contribution in [1.29, 1.82) is 0 Å². The number of methoxy groups -OCH3 is 3. The summed E-state index contributed by atoms with van der Waals surface area (Å²) in [4.78, 5) is 5.46. The molecule has 0 atom stereocenters. The molecule has 2 aromatic carbocycles. The number of rotatable bonds is 8. The van der Waals surface area contributed by atoms with Crippen molar-refractivity contribution in [1.82, 2.24) is 10.3 Å². The maximum absolute atomic E-state index is 12.9. The number of hydrogen-bond acceptors (Lipinski definition) is 6. The summed E-state index contributed by atoms with van der Waals surface area (Å²) in [5.74, 6) is 1.72. The van der Waals surface area contributed by atoms with Gasteiger partial charge in [0.1, 0.15) is 16.6 Å². The average Bonchev–Trinajstić information content (AvgIpc) is 3.17. The lowest BCUT2D eigenvalue weighted by Gasteiger charge is -2.12. The largest absolute Gasteiger partial charge is 0.496 e. The summed E-state index contributed by atoms with van der Waals surface area (Å²) in [6.07, 6.45) is 1.82. The Morgan fingerprint density at radius 2 is 1.59 bits per heavy atom. The van der Waals surface area contributed by atoms with E-state index in [2.05, 4.69) is 10.3 Å². The number of aromatic nitrogens is 1. The molecule has 1 aromatic heterocycles. The maximum atomic E-state index is 12.9. The minimum Gasteiger partial charge on any atom is -0.496 e. The molecule has 0 fully saturated rings. The molecule has 0 aliphatic rings. The number of ether oxygens (including phenoxy) is 3. The van der Waals surface area contributed by atoms with Crippen molar-refractivity contribution in [2.24, 2.45) is 0 Å². The molecule has 5 nitrogen and oxygen atoms in total. The highest BCUT2D eigenvalue weighted by atomic mass is 32.1. The van der Waals surface area contributed by atoms with Gasteiger partial charge in [-0.1, -0.05) is 12.1 Å². The molecule has 3 aromatic rings. The van der Waals surface area contributed by atoms with E-state index in [1.54, 1.807) is 50.9 Å². The Kier molecular flexibility index (Phi) is 6.26. The van der Waals surface area contributed by atoms with Gasteiger partial charge in [0.15, 0.2) is 11.5 Å². The molecule has 0 saturated carbocycles. The first-order valence-corrected chi connectivity index (χ1v) is 9.16. The minimum absolute atomic E-state index is 0.229. The highest BCUT2D eigenvalue weighted by molar-refractivity contribution is 7.15. The van der Waals surface area contributed by atoms with Crippen LogP contribution in [0.2, 0.25) is 0 Å². The van der Waals surface area contributed by atoms with Crippen LogP contribution in [0.4, 0.5) is 4.39 Å². The van der Waals surface area contributed by atoms with Crippen molar-refractivity contribution in [3.05, 3.63) is 59.0 Å². The van der Waals surface area contributed by atoms with Gasteiger partial charge in [-0.05, 0) is 23.8 Å². The minimum atomic E-state index is -0.229. The second-order valence-corrected chi connectivity index (χ2v) is 6.87. The van der Waals surface area contributed by atoms with Gasteiger partial charge in [-0.25, -0.2) is 9.37 Å². The van der Waals surface area contributed by atoms with E-state index in [9.17, 15) is 4.39 Å². The summed E-state index contributed by atoms with van der Waals surface area (Å²) in [5, 5.41) is 4.27. The van der Waals surface area contributed by atoms with Crippen LogP contribution in [0.5, 0.6) is 17.2 Å². The maximum Gasteiger partial charge on any atom is 0.164 e. The first kappa shape index (κ1) is 19.1. The van der Waals surface area contributed by atoms with E-state index in [0.29, 0.717) is 30.3 Å². The van der Waals surface area contributed by atoms with Gasteiger partial charge in [-0.2, -0.15) is 0 Å². The average molecular weight is 388 g/mol. The van der Waals surface area contributed by atoms with Crippen LogP contribution in [0.1, 0.15) is 10.6 Å². The first-order chi connectivity index (χ1) is 13.1. The third kappa shape index (κ3) is 4.56. The molecule has 142 valence electrons. The van der Waals surface area contributed by atoms with Gasteiger partial charge < -0.3 is 19.5 Å². The Morgan fingerprint density at radius 1 is 0.926 bits per heavy atom. The molecule has 0 amide bonds. The van der Waals surface area contributed by atoms with E-state index in [4.69, 9.17) is 14.2 Å². The zero-order chi connectivity index (χ0) is 19.2. The summed E-state index contributed by atoms with van der Waals surface area (Å²) in [7, 11) is 4.82. The van der Waals surface area contributed by atoms with Gasteiger partial charge in [0.05, 0.1) is 26.2 Å². The van der Waals surface area contributed by atoms with Crippen LogP contribution in [-0.2, 0) is 13.1 Å². The quantitative estimate of drug-likeness (QED) is 0.625. The molecule has 0 aliphatic carbocycles. The van der Waals surface area contributed by atoms with Crippen molar-refractivity contribution in [3.8, 4) is 27.7 Å². The second kappa shape index (κ2) is 8.83. The van der Waals surface area contributed by atoms with Crippen LogP contribution in [-0.4, -0.2) is 26.3 Å². The topological polar surface area (TPSA) is 52.6 Å². The van der Waals surface area contributed by atoms with Gasteiger partial charge in [0.2, 0.25) is 0 Å². The molecule has 1 N–H and O–H groups in total. The summed E-state index contributed by atoms with van der Waals surface area (Å²) in [5.41, 5.74) is 1.92. The van der Waals surface area contributed by atoms with Gasteiger partial charge in [0, 0.05) is 30.9 Å². The standard InChI is InChI=1S/C20H21FN2O3S/c1-24-16-9-18(26-3)17(25-2)8-15(16)19-11-23-20(27-19)12-22-10-13-4-6-14(21)7-5-13/h4-9,11,22H,10,12H2,1-3H3. The van der Waals surface area contributed by atoms with E-state index in [0.717, 1.165) is 21.0 Å². The van der Waals surface area contributed by atoms with Gasteiger partial charge >= 0.3 is 0 Å². The molecule has 0 bridgehead atoms. The van der Waals surface area contributed by atoms with Gasteiger partial charge in [0.25, 0.3) is 0 Å². The number of thiazole rings is 1. The monoisotopic (exact) mass is 388 g/mol. The molecular formula is C20H21FN2O3S. The molecule has 0 aliphatic heterocycles. The Balaban J connectivity index is 1.72. The fourth-order valence-electron chi connectivity index (χ4n) is 2.65. The van der Waals surface area contributed by atoms with Crippen molar-refractivity contribution < 1.29 is 18.6 Å². The molecule has 0 spiro atoms. The predicted molar refractivity (Wildman–Crippen MR) is 104 cm³/mol. The zero-order valence-corrected chi connectivity index (χ0v) is 16.2. The lowest BCUT2D eigenvalue weighted by molar-refractivity contribution is 0.349. The lowest BCUT2D eigenvalue weighted by Crippen LogP contribution is -2.12. The fraction of sp³-hybridized carbons (Fsp3) is 0.250. The lowest BCUT2D eigenvalue weighted by atomic mass is 10.1. The molecule has 3 rings (SSSR count). The summed E-state index contributed by atoms with van der Waals surface area (Å²) in [6.45, 7) is 1.27. The Morgan fingerprint density at radius 3 is 2.26 bits per heavy atom. The van der Waals surface area contributed by atoms with Crippen LogP contribution < -0.4 is 19.5 Å². The van der Waals surface area contributed by atoms with Crippen LogP contribution in [0.3, 0.4) is 0 Å². The van der Waals surface area contributed by atoms with E-state index >= 15 is 0 Å².